The first-order chi connectivity index (χ1) is 7.70. The van der Waals surface area contributed by atoms with Crippen LogP contribution in [0.1, 0.15) is 38.5 Å². The van der Waals surface area contributed by atoms with E-state index >= 15 is 0 Å². The van der Waals surface area contributed by atoms with Gasteiger partial charge in [0.1, 0.15) is 0 Å². The van der Waals surface area contributed by atoms with E-state index in [1.807, 2.05) is 0 Å². The van der Waals surface area contributed by atoms with Gasteiger partial charge in [0.25, 0.3) is 0 Å². The van der Waals surface area contributed by atoms with Crippen molar-refractivity contribution in [3.05, 3.63) is 0 Å². The molecule has 0 amide bonds. The van der Waals surface area contributed by atoms with E-state index < -0.39 is 5.97 Å². The Balaban J connectivity index is 1.75. The predicted octanol–water partition coefficient (Wildman–Crippen LogP) is 1.32. The first-order valence-electron chi connectivity index (χ1n) is 6.33. The standard InChI is InChI=1S/C12H24N2O2/c1-14(11-6-7-11)10-9-13-8-4-2-3-5-12(15)16/h11,13H,2-10H2,1H3,(H,15,16). The molecule has 0 radical (unpaired) electrons. The number of carboxylic acid groups (broad SMARTS) is 1. The maximum Gasteiger partial charge on any atom is 0.303 e. The summed E-state index contributed by atoms with van der Waals surface area (Å²) in [5, 5.41) is 11.9. The van der Waals surface area contributed by atoms with Crippen LogP contribution in [0.4, 0.5) is 0 Å². The summed E-state index contributed by atoms with van der Waals surface area (Å²) in [4.78, 5) is 12.7. The average molecular weight is 228 g/mol. The van der Waals surface area contributed by atoms with Gasteiger partial charge in [-0.1, -0.05) is 6.42 Å². The third-order valence-corrected chi connectivity index (χ3v) is 3.06. The third kappa shape index (κ3) is 6.80. The fourth-order valence-electron chi connectivity index (χ4n) is 1.78. The number of aliphatic carboxylic acids is 1. The van der Waals surface area contributed by atoms with Crippen LogP contribution in [0.25, 0.3) is 0 Å². The minimum atomic E-state index is -0.681. The molecule has 94 valence electrons. The van der Waals surface area contributed by atoms with E-state index in [0.717, 1.165) is 44.9 Å². The van der Waals surface area contributed by atoms with Crippen LogP contribution in [0.2, 0.25) is 0 Å². The van der Waals surface area contributed by atoms with Gasteiger partial charge in [-0.05, 0) is 39.3 Å². The fraction of sp³-hybridized carbons (Fsp3) is 0.917. The van der Waals surface area contributed by atoms with Crippen LogP contribution in [-0.4, -0.2) is 48.7 Å². The Hall–Kier alpha value is -0.610. The summed E-state index contributed by atoms with van der Waals surface area (Å²) >= 11 is 0. The third-order valence-electron chi connectivity index (χ3n) is 3.06. The molecule has 1 aliphatic rings. The molecule has 0 aromatic heterocycles. The highest BCUT2D eigenvalue weighted by Gasteiger charge is 2.25. The molecule has 0 saturated heterocycles. The lowest BCUT2D eigenvalue weighted by Crippen LogP contribution is -2.31. The highest BCUT2D eigenvalue weighted by molar-refractivity contribution is 5.66. The number of carbonyl (C=O) groups is 1. The average Bonchev–Trinajstić information content (AvgIpc) is 3.04. The predicted molar refractivity (Wildman–Crippen MR) is 64.6 cm³/mol. The molecule has 1 saturated carbocycles. The van der Waals surface area contributed by atoms with Crippen molar-refractivity contribution < 1.29 is 9.90 Å². The zero-order chi connectivity index (χ0) is 11.8. The Bertz CT molecular complexity index is 205. The second-order valence-electron chi connectivity index (χ2n) is 4.67. The minimum Gasteiger partial charge on any atom is -0.481 e. The van der Waals surface area contributed by atoms with E-state index in [4.69, 9.17) is 5.11 Å². The van der Waals surface area contributed by atoms with Crippen LogP contribution < -0.4 is 5.32 Å². The maximum atomic E-state index is 10.3. The molecule has 0 spiro atoms. The van der Waals surface area contributed by atoms with E-state index in [2.05, 4.69) is 17.3 Å². The molecule has 4 heteroatoms. The summed E-state index contributed by atoms with van der Waals surface area (Å²) in [5.41, 5.74) is 0. The molecular formula is C12H24N2O2. The van der Waals surface area contributed by atoms with Crippen molar-refractivity contribution in [1.82, 2.24) is 10.2 Å². The molecule has 1 aliphatic carbocycles. The van der Waals surface area contributed by atoms with Gasteiger partial charge in [-0.2, -0.15) is 0 Å². The molecule has 0 aromatic carbocycles. The normalized spacial score (nSPS) is 15.6. The molecule has 0 aliphatic heterocycles. The first-order valence-corrected chi connectivity index (χ1v) is 6.33. The second kappa shape index (κ2) is 7.63. The molecule has 0 unspecified atom stereocenters. The molecule has 0 heterocycles. The topological polar surface area (TPSA) is 52.6 Å². The van der Waals surface area contributed by atoms with E-state index in [9.17, 15) is 4.79 Å². The molecule has 0 aromatic rings. The number of rotatable bonds is 10. The fourth-order valence-corrected chi connectivity index (χ4v) is 1.78. The van der Waals surface area contributed by atoms with E-state index in [1.165, 1.54) is 12.8 Å². The van der Waals surface area contributed by atoms with Gasteiger partial charge in [0.05, 0.1) is 0 Å². The van der Waals surface area contributed by atoms with Gasteiger partial charge < -0.3 is 15.3 Å². The number of unbranched alkanes of at least 4 members (excludes halogenated alkanes) is 2. The lowest BCUT2D eigenvalue weighted by molar-refractivity contribution is -0.137. The molecule has 1 fully saturated rings. The van der Waals surface area contributed by atoms with E-state index in [1.54, 1.807) is 0 Å². The van der Waals surface area contributed by atoms with Gasteiger partial charge in [-0.15, -0.1) is 0 Å². The zero-order valence-corrected chi connectivity index (χ0v) is 10.2. The van der Waals surface area contributed by atoms with Gasteiger partial charge in [0.2, 0.25) is 0 Å². The molecule has 0 atom stereocenters. The Morgan fingerprint density at radius 1 is 1.31 bits per heavy atom. The number of hydrogen-bond acceptors (Lipinski definition) is 3. The van der Waals surface area contributed by atoms with Crippen LogP contribution >= 0.6 is 0 Å². The summed E-state index contributed by atoms with van der Waals surface area (Å²) in [6.07, 6.45) is 5.94. The molecule has 0 bridgehead atoms. The van der Waals surface area contributed by atoms with Crippen molar-refractivity contribution in [2.24, 2.45) is 0 Å². The quantitative estimate of drug-likeness (QED) is 0.554. The van der Waals surface area contributed by atoms with Gasteiger partial charge in [0, 0.05) is 25.6 Å². The van der Waals surface area contributed by atoms with Crippen LogP contribution in [0.3, 0.4) is 0 Å². The van der Waals surface area contributed by atoms with Gasteiger partial charge in [-0.3, -0.25) is 4.79 Å². The molecule has 2 N–H and O–H groups in total. The molecule has 4 nitrogen and oxygen atoms in total. The summed E-state index contributed by atoms with van der Waals surface area (Å²) in [7, 11) is 2.19. The largest absolute Gasteiger partial charge is 0.481 e. The smallest absolute Gasteiger partial charge is 0.303 e. The number of carboxylic acids is 1. The summed E-state index contributed by atoms with van der Waals surface area (Å²) < 4.78 is 0. The van der Waals surface area contributed by atoms with Crippen molar-refractivity contribution >= 4 is 5.97 Å². The maximum absolute atomic E-state index is 10.3. The highest BCUT2D eigenvalue weighted by Crippen LogP contribution is 2.24. The second-order valence-corrected chi connectivity index (χ2v) is 4.67. The Morgan fingerprint density at radius 2 is 2.06 bits per heavy atom. The van der Waals surface area contributed by atoms with Crippen LogP contribution in [0, 0.1) is 0 Å². The van der Waals surface area contributed by atoms with Gasteiger partial charge in [-0.25, -0.2) is 0 Å². The SMILES string of the molecule is CN(CCNCCCCCC(=O)O)C1CC1. The number of nitrogens with one attached hydrogen (secondary N) is 1. The molecular weight excluding hydrogens is 204 g/mol. The van der Waals surface area contributed by atoms with Crippen molar-refractivity contribution in [3.63, 3.8) is 0 Å². The van der Waals surface area contributed by atoms with E-state index in [-0.39, 0.29) is 0 Å². The van der Waals surface area contributed by atoms with Crippen molar-refractivity contribution in [1.29, 1.82) is 0 Å². The van der Waals surface area contributed by atoms with Crippen LogP contribution in [-0.2, 0) is 4.79 Å². The van der Waals surface area contributed by atoms with Crippen LogP contribution in [0.5, 0.6) is 0 Å². The highest BCUT2D eigenvalue weighted by atomic mass is 16.4. The van der Waals surface area contributed by atoms with E-state index in [0.29, 0.717) is 6.42 Å². The van der Waals surface area contributed by atoms with Gasteiger partial charge in [0.15, 0.2) is 0 Å². The van der Waals surface area contributed by atoms with Gasteiger partial charge >= 0.3 is 5.97 Å². The Labute approximate surface area is 98.0 Å². The summed E-state index contributed by atoms with van der Waals surface area (Å²) in [6.45, 7) is 3.18. The lowest BCUT2D eigenvalue weighted by atomic mass is 10.2. The first kappa shape index (κ1) is 13.5. The minimum absolute atomic E-state index is 0.310. The van der Waals surface area contributed by atoms with Crippen LogP contribution in [0.15, 0.2) is 0 Å². The molecule has 16 heavy (non-hydrogen) atoms. The van der Waals surface area contributed by atoms with Crippen molar-refractivity contribution in [3.8, 4) is 0 Å². The Kier molecular flexibility index (Phi) is 6.42. The van der Waals surface area contributed by atoms with Crippen molar-refractivity contribution in [2.75, 3.05) is 26.7 Å². The summed E-state index contributed by atoms with van der Waals surface area (Å²) in [6, 6.07) is 0.845. The number of hydrogen-bond donors (Lipinski definition) is 2. The number of likely N-dealkylation sites (N-methyl/N-ethyl adjacent to an activating group) is 1. The van der Waals surface area contributed by atoms with Crippen molar-refractivity contribution in [2.45, 2.75) is 44.6 Å². The molecule has 1 rings (SSSR count). The summed E-state index contributed by atoms with van der Waals surface area (Å²) in [5.74, 6) is -0.681. The monoisotopic (exact) mass is 228 g/mol. The lowest BCUT2D eigenvalue weighted by Gasteiger charge is -2.15. The Morgan fingerprint density at radius 3 is 2.69 bits per heavy atom. The number of nitrogens with zero attached hydrogens (tertiary/aromatic N) is 1. The zero-order valence-electron chi connectivity index (χ0n) is 10.2.